The first-order valence-corrected chi connectivity index (χ1v) is 18.5. The number of halogens is 1. The highest BCUT2D eigenvalue weighted by Gasteiger charge is 2.60. The number of esters is 1. The van der Waals surface area contributed by atoms with E-state index in [2.05, 4.69) is 21.3 Å². The van der Waals surface area contributed by atoms with Crippen molar-refractivity contribution in [1.82, 2.24) is 20.1 Å². The van der Waals surface area contributed by atoms with Crippen LogP contribution in [0.2, 0.25) is 5.15 Å². The van der Waals surface area contributed by atoms with E-state index in [-0.39, 0.29) is 35.9 Å². The van der Waals surface area contributed by atoms with Gasteiger partial charge in [0, 0.05) is 47.5 Å². The number of amides is 2. The molecular formula is C37H38ClN5O9S. The van der Waals surface area contributed by atoms with E-state index in [0.29, 0.717) is 57.4 Å². The molecule has 7 rings (SSSR count). The predicted molar refractivity (Wildman–Crippen MR) is 193 cm³/mol. The number of aromatic hydroxyl groups is 1. The summed E-state index contributed by atoms with van der Waals surface area (Å²) < 4.78 is 29.6. The molecular weight excluding hydrogens is 726 g/mol. The van der Waals surface area contributed by atoms with Gasteiger partial charge < -0.3 is 28.8 Å². The van der Waals surface area contributed by atoms with Crippen molar-refractivity contribution in [3.63, 3.8) is 0 Å². The van der Waals surface area contributed by atoms with Crippen molar-refractivity contribution < 1.29 is 43.2 Å². The van der Waals surface area contributed by atoms with Gasteiger partial charge in [0.2, 0.25) is 6.79 Å². The monoisotopic (exact) mass is 763 g/mol. The number of phenolic OH excluding ortho intramolecular Hbond substituents is 1. The number of thioether (sulfide) groups is 1. The van der Waals surface area contributed by atoms with Crippen LogP contribution in [0.3, 0.4) is 0 Å². The smallest absolute Gasteiger partial charge is 0.414 e. The molecule has 4 aliphatic rings. The molecule has 14 nitrogen and oxygen atoms in total. The number of piperazine rings is 1. The summed E-state index contributed by atoms with van der Waals surface area (Å²) in [6.07, 6.45) is 0.811. The van der Waals surface area contributed by atoms with Crippen molar-refractivity contribution in [1.29, 1.82) is 5.26 Å². The van der Waals surface area contributed by atoms with E-state index < -0.39 is 47.4 Å². The second kappa shape index (κ2) is 14.2. The van der Waals surface area contributed by atoms with Gasteiger partial charge in [0.15, 0.2) is 23.0 Å². The Bertz CT molecular complexity index is 2080. The van der Waals surface area contributed by atoms with Crippen molar-refractivity contribution in [3.05, 3.63) is 68.5 Å². The minimum absolute atomic E-state index is 0.0148. The fourth-order valence-electron chi connectivity index (χ4n) is 8.52. The molecule has 1 aromatic heterocycles. The van der Waals surface area contributed by atoms with Crippen LogP contribution in [0.15, 0.2) is 24.4 Å². The number of carbonyl (C=O) groups is 3. The highest BCUT2D eigenvalue weighted by atomic mass is 35.5. The Morgan fingerprint density at radius 2 is 1.94 bits per heavy atom. The summed E-state index contributed by atoms with van der Waals surface area (Å²) in [4.78, 5) is 47.1. The Balaban J connectivity index is 1.43. The van der Waals surface area contributed by atoms with Crippen molar-refractivity contribution in [2.24, 2.45) is 0 Å². The van der Waals surface area contributed by atoms with Crippen LogP contribution in [-0.4, -0.2) is 89.3 Å². The van der Waals surface area contributed by atoms with Crippen LogP contribution in [0.25, 0.3) is 0 Å². The molecule has 2 amide bonds. The molecule has 1 fully saturated rings. The summed E-state index contributed by atoms with van der Waals surface area (Å²) in [5, 5.41) is 24.6. The fraction of sp³-hybridized carbons (Fsp3) is 0.432. The first-order valence-electron chi connectivity index (χ1n) is 17.1. The molecule has 6 atom stereocenters. The third kappa shape index (κ3) is 5.88. The average molecular weight is 764 g/mol. The lowest BCUT2D eigenvalue weighted by Crippen LogP contribution is -2.69. The zero-order valence-electron chi connectivity index (χ0n) is 29.9. The number of pyridine rings is 1. The summed E-state index contributed by atoms with van der Waals surface area (Å²) in [6.45, 7) is 6.54. The number of hydrogen-bond donors (Lipinski definition) is 2. The molecule has 2 N–H and O–H groups in total. The second-order valence-electron chi connectivity index (χ2n) is 13.3. The number of nitriles is 1. The lowest BCUT2D eigenvalue weighted by molar-refractivity contribution is -0.132. The number of ether oxygens (including phenoxy) is 5. The molecule has 16 heteroatoms. The number of fused-ring (bicyclic) bond motifs is 9. The quantitative estimate of drug-likeness (QED) is 0.180. The number of nitrogens with zero attached hydrogens (tertiary/aromatic N) is 4. The van der Waals surface area contributed by atoms with Crippen molar-refractivity contribution in [2.45, 2.75) is 69.6 Å². The van der Waals surface area contributed by atoms with E-state index in [0.717, 1.165) is 11.1 Å². The van der Waals surface area contributed by atoms with Gasteiger partial charge in [-0.05, 0) is 56.3 Å². The van der Waals surface area contributed by atoms with Gasteiger partial charge in [-0.15, -0.1) is 0 Å². The number of aryl methyl sites for hydroxylation is 1. The molecule has 1 saturated heterocycles. The Labute approximate surface area is 315 Å². The van der Waals surface area contributed by atoms with Gasteiger partial charge in [-0.1, -0.05) is 24.6 Å². The number of alkyl carbamates (subject to hydrolysis) is 1. The van der Waals surface area contributed by atoms with Gasteiger partial charge in [-0.2, -0.15) is 17.0 Å². The maximum atomic E-state index is 13.3. The standard InChI is InChI=1S/C37H38ClN5O9S/c1-7-53-34-26-25(33-32(50-15-51-33)17(3)31(26)52-18(4)44)23(14-49-37(47)41-36(46)20-9-8-10-40-35(20)38)43-22(13-39)21-12-19-11-16(2)30(48-6)29(45)24(19)27(28(34)43)42(21)5/h8-11,21-23,27-28,34,45H,7,12,14-15H2,1-6H3,(H,41,46,47)/t21-,22+,23+,27+,28?,34-/m1/s1. The predicted octanol–water partition coefficient (Wildman–Crippen LogP) is 5.31. The van der Waals surface area contributed by atoms with Gasteiger partial charge >= 0.3 is 12.1 Å². The van der Waals surface area contributed by atoms with Crippen molar-refractivity contribution >= 4 is 41.3 Å². The lowest BCUT2D eigenvalue weighted by atomic mass is 9.71. The maximum absolute atomic E-state index is 13.3. The molecule has 53 heavy (non-hydrogen) atoms. The zero-order valence-corrected chi connectivity index (χ0v) is 31.5. The summed E-state index contributed by atoms with van der Waals surface area (Å²) in [5.74, 6) is 0.711. The number of nitrogens with one attached hydrogen (secondary N) is 1. The molecule has 5 heterocycles. The van der Waals surface area contributed by atoms with Crippen LogP contribution < -0.4 is 24.3 Å². The van der Waals surface area contributed by atoms with Gasteiger partial charge in [-0.3, -0.25) is 24.7 Å². The van der Waals surface area contributed by atoms with Gasteiger partial charge in [0.25, 0.3) is 5.91 Å². The third-order valence-corrected chi connectivity index (χ3v) is 12.0. The lowest BCUT2D eigenvalue weighted by Gasteiger charge is -2.61. The SMILES string of the molecule is CCS[C@@H]1c2c(OC(C)=O)c(C)c3c(c2[C@H](COC(=O)NC(=O)c2cccnc2Cl)N2C1[C@@H]1c4c(cc(C)c(OC)c4O)C[C@H]([C@@H]2C#N)N1C)OCO3. The number of aromatic nitrogens is 1. The number of carbonyl (C=O) groups excluding carboxylic acids is 3. The van der Waals surface area contributed by atoms with E-state index in [4.69, 9.17) is 35.3 Å². The Kier molecular flexibility index (Phi) is 9.83. The summed E-state index contributed by atoms with van der Waals surface area (Å²) >= 11 is 7.70. The number of likely N-dealkylation sites (N-methyl/N-ethyl adjacent to an activating group) is 1. The molecule has 0 radical (unpaired) electrons. The van der Waals surface area contributed by atoms with Gasteiger partial charge in [0.05, 0.1) is 36.1 Å². The van der Waals surface area contributed by atoms with Gasteiger partial charge in [-0.25, -0.2) is 9.78 Å². The minimum atomic E-state index is -1.05. The molecule has 3 aromatic rings. The summed E-state index contributed by atoms with van der Waals surface area (Å²) in [6, 6.07) is 4.50. The van der Waals surface area contributed by atoms with E-state index in [1.807, 2.05) is 31.9 Å². The largest absolute Gasteiger partial charge is 0.504 e. The van der Waals surface area contributed by atoms with Crippen molar-refractivity contribution in [2.75, 3.05) is 33.3 Å². The zero-order chi connectivity index (χ0) is 37.9. The molecule has 0 spiro atoms. The van der Waals surface area contributed by atoms with Crippen LogP contribution in [0.5, 0.6) is 28.7 Å². The van der Waals surface area contributed by atoms with Crippen LogP contribution in [0, 0.1) is 25.2 Å². The third-order valence-electron chi connectivity index (χ3n) is 10.5. The topological polar surface area (TPSA) is 173 Å². The number of hydrogen-bond acceptors (Lipinski definition) is 14. The van der Waals surface area contributed by atoms with E-state index in [1.54, 1.807) is 18.7 Å². The number of phenols is 1. The highest BCUT2D eigenvalue weighted by molar-refractivity contribution is 7.99. The molecule has 278 valence electrons. The highest BCUT2D eigenvalue weighted by Crippen LogP contribution is 2.63. The second-order valence-corrected chi connectivity index (χ2v) is 15.0. The summed E-state index contributed by atoms with van der Waals surface area (Å²) in [5.41, 5.74) is 4.07. The molecule has 2 bridgehead atoms. The maximum Gasteiger partial charge on any atom is 0.414 e. The van der Waals surface area contributed by atoms with Crippen LogP contribution in [0.1, 0.15) is 74.9 Å². The Morgan fingerprint density at radius 3 is 2.62 bits per heavy atom. The van der Waals surface area contributed by atoms with Crippen molar-refractivity contribution in [3.8, 4) is 34.8 Å². The van der Waals surface area contributed by atoms with Crippen LogP contribution in [-0.2, 0) is 16.0 Å². The first-order chi connectivity index (χ1) is 25.4. The molecule has 0 aliphatic carbocycles. The van der Waals surface area contributed by atoms with Crippen LogP contribution in [0.4, 0.5) is 4.79 Å². The van der Waals surface area contributed by atoms with Gasteiger partial charge in [0.1, 0.15) is 23.6 Å². The first kappa shape index (κ1) is 36.6. The summed E-state index contributed by atoms with van der Waals surface area (Å²) in [7, 11) is 3.46. The van der Waals surface area contributed by atoms with E-state index in [9.17, 15) is 24.8 Å². The Hall–Kier alpha value is -4.75. The van der Waals surface area contributed by atoms with E-state index >= 15 is 0 Å². The minimum Gasteiger partial charge on any atom is -0.504 e. The number of methoxy groups -OCH3 is 1. The normalized spacial score (nSPS) is 23.9. The number of imide groups is 1. The molecule has 4 aliphatic heterocycles. The molecule has 0 saturated carbocycles. The molecule has 2 aromatic carbocycles. The molecule has 1 unspecified atom stereocenters. The van der Waals surface area contributed by atoms with Crippen LogP contribution >= 0.6 is 23.4 Å². The number of rotatable bonds is 7. The average Bonchev–Trinajstić information content (AvgIpc) is 3.61. The number of benzene rings is 2. The van der Waals surface area contributed by atoms with E-state index in [1.165, 1.54) is 32.4 Å². The Morgan fingerprint density at radius 1 is 1.19 bits per heavy atom. The fourth-order valence-corrected chi connectivity index (χ4v) is 9.97.